The number of nitrogens with one attached hydrogen (secondary N) is 1. The van der Waals surface area contributed by atoms with Crippen LogP contribution < -0.4 is 11.1 Å². The highest BCUT2D eigenvalue weighted by atomic mass is 16.1. The average Bonchev–Trinajstić information content (AvgIpc) is 2.40. The quantitative estimate of drug-likeness (QED) is 0.859. The molecule has 0 spiro atoms. The summed E-state index contributed by atoms with van der Waals surface area (Å²) in [5.41, 5.74) is 6.13. The lowest BCUT2D eigenvalue weighted by Crippen LogP contribution is -2.26. The van der Waals surface area contributed by atoms with E-state index in [9.17, 15) is 4.79 Å². The van der Waals surface area contributed by atoms with Crippen molar-refractivity contribution in [2.75, 3.05) is 11.9 Å². The molecule has 1 aromatic carbocycles. The Morgan fingerprint density at radius 1 is 1.22 bits per heavy atom. The van der Waals surface area contributed by atoms with E-state index < -0.39 is 0 Å². The summed E-state index contributed by atoms with van der Waals surface area (Å²) in [6.07, 6.45) is 1.25. The maximum Gasteiger partial charge on any atom is 0.222 e. The zero-order chi connectivity index (χ0) is 14.4. The Morgan fingerprint density at radius 3 is 2.06 bits per heavy atom. The second kappa shape index (κ2) is 13.6. The number of nitrogens with two attached hydrogens (primary N) is 1. The van der Waals surface area contributed by atoms with Crippen LogP contribution in [0.25, 0.3) is 0 Å². The van der Waals surface area contributed by atoms with Gasteiger partial charge in [-0.15, -0.1) is 0 Å². The maximum atomic E-state index is 10.7. The van der Waals surface area contributed by atoms with Crippen LogP contribution in [0.2, 0.25) is 0 Å². The lowest BCUT2D eigenvalue weighted by molar-refractivity contribution is -0.120. The maximum absolute atomic E-state index is 10.7. The van der Waals surface area contributed by atoms with E-state index in [1.807, 2.05) is 44.2 Å². The Labute approximate surface area is 112 Å². The number of hydrogen-bond acceptors (Lipinski definition) is 2. The first-order valence-corrected chi connectivity index (χ1v) is 6.70. The Morgan fingerprint density at radius 2 is 1.67 bits per heavy atom. The van der Waals surface area contributed by atoms with Crippen LogP contribution in [0.15, 0.2) is 30.3 Å². The highest BCUT2D eigenvalue weighted by molar-refractivity contribution is 5.76. The van der Waals surface area contributed by atoms with Crippen LogP contribution in [0, 0.1) is 5.92 Å². The molecule has 1 amide bonds. The van der Waals surface area contributed by atoms with Crippen LogP contribution >= 0.6 is 0 Å². The Kier molecular flexibility index (Phi) is 14.2. The predicted molar refractivity (Wildman–Crippen MR) is 80.6 cm³/mol. The number of amides is 1. The number of benzene rings is 1. The molecule has 0 heterocycles. The van der Waals surface area contributed by atoms with Gasteiger partial charge in [0, 0.05) is 12.2 Å². The van der Waals surface area contributed by atoms with E-state index in [0.29, 0.717) is 6.54 Å². The molecule has 3 nitrogen and oxygen atoms in total. The molecule has 0 saturated carbocycles. The number of carbonyl (C=O) groups is 1. The molecule has 0 saturated heterocycles. The number of anilines is 1. The van der Waals surface area contributed by atoms with Gasteiger partial charge in [0.2, 0.25) is 5.91 Å². The molecule has 0 radical (unpaired) electrons. The normalized spacial score (nSPS) is 10.1. The second-order valence-electron chi connectivity index (χ2n) is 3.76. The Balaban J connectivity index is 0. The van der Waals surface area contributed by atoms with E-state index >= 15 is 0 Å². The predicted octanol–water partition coefficient (Wildman–Crippen LogP) is 3.66. The minimum atomic E-state index is -0.275. The second-order valence-corrected chi connectivity index (χ2v) is 3.76. The van der Waals surface area contributed by atoms with Crippen molar-refractivity contribution in [3.63, 3.8) is 0 Å². The van der Waals surface area contributed by atoms with E-state index in [-0.39, 0.29) is 11.8 Å². The summed E-state index contributed by atoms with van der Waals surface area (Å²) in [5.74, 6) is -0.413. The number of primary amides is 1. The molecule has 0 aromatic heterocycles. The summed E-state index contributed by atoms with van der Waals surface area (Å²) in [5, 5.41) is 3.12. The number of para-hydroxylation sites is 1. The molecule has 1 rings (SSSR count). The summed E-state index contributed by atoms with van der Waals surface area (Å²) >= 11 is 0. The number of hydrogen-bond donors (Lipinski definition) is 2. The van der Waals surface area contributed by atoms with Crippen molar-refractivity contribution in [3.05, 3.63) is 30.3 Å². The van der Waals surface area contributed by atoms with Crippen molar-refractivity contribution < 1.29 is 4.79 Å². The lowest BCUT2D eigenvalue weighted by atomic mass is 10.1. The molecular formula is C15H28N2O. The molecule has 1 unspecified atom stereocenters. The van der Waals surface area contributed by atoms with Crippen LogP contribution in [0.3, 0.4) is 0 Å². The van der Waals surface area contributed by atoms with Gasteiger partial charge in [-0.05, 0) is 12.1 Å². The third kappa shape index (κ3) is 11.0. The van der Waals surface area contributed by atoms with Gasteiger partial charge in [0.15, 0.2) is 0 Å². The molecule has 0 aliphatic rings. The van der Waals surface area contributed by atoms with Gasteiger partial charge in [0.05, 0.1) is 5.92 Å². The van der Waals surface area contributed by atoms with Crippen LogP contribution in [0.1, 0.15) is 41.0 Å². The van der Waals surface area contributed by atoms with E-state index in [2.05, 4.69) is 19.2 Å². The molecule has 3 N–H and O–H groups in total. The van der Waals surface area contributed by atoms with Crippen molar-refractivity contribution in [2.24, 2.45) is 11.7 Å². The minimum absolute atomic E-state index is 0.139. The zero-order valence-electron chi connectivity index (χ0n) is 12.4. The molecule has 1 atom stereocenters. The summed E-state index contributed by atoms with van der Waals surface area (Å²) in [4.78, 5) is 10.7. The van der Waals surface area contributed by atoms with Crippen molar-refractivity contribution in [3.8, 4) is 0 Å². The molecule has 1 aromatic rings. The molecule has 0 bridgehead atoms. The highest BCUT2D eigenvalue weighted by Gasteiger charge is 2.06. The van der Waals surface area contributed by atoms with Gasteiger partial charge in [-0.2, -0.15) is 0 Å². The van der Waals surface area contributed by atoms with Gasteiger partial charge < -0.3 is 11.1 Å². The first-order chi connectivity index (χ1) is 8.61. The fraction of sp³-hybridized carbons (Fsp3) is 0.533. The largest absolute Gasteiger partial charge is 0.384 e. The molecule has 3 heteroatoms. The van der Waals surface area contributed by atoms with E-state index in [1.54, 1.807) is 6.92 Å². The van der Waals surface area contributed by atoms with Crippen molar-refractivity contribution in [2.45, 2.75) is 41.0 Å². The van der Waals surface area contributed by atoms with E-state index in [0.717, 1.165) is 5.69 Å². The molecular weight excluding hydrogens is 224 g/mol. The topological polar surface area (TPSA) is 55.1 Å². The molecule has 104 valence electrons. The number of rotatable bonds is 4. The van der Waals surface area contributed by atoms with Gasteiger partial charge >= 0.3 is 0 Å². The minimum Gasteiger partial charge on any atom is -0.384 e. The van der Waals surface area contributed by atoms with Crippen LogP contribution in [-0.4, -0.2) is 12.5 Å². The smallest absolute Gasteiger partial charge is 0.222 e. The van der Waals surface area contributed by atoms with Gasteiger partial charge in [-0.1, -0.05) is 59.2 Å². The summed E-state index contributed by atoms with van der Waals surface area (Å²) < 4.78 is 0. The van der Waals surface area contributed by atoms with Crippen LogP contribution in [-0.2, 0) is 4.79 Å². The van der Waals surface area contributed by atoms with Gasteiger partial charge in [0.25, 0.3) is 0 Å². The summed E-state index contributed by atoms with van der Waals surface area (Å²) in [6, 6.07) is 9.73. The molecule has 0 fully saturated rings. The van der Waals surface area contributed by atoms with Crippen molar-refractivity contribution >= 4 is 11.6 Å². The first-order valence-electron chi connectivity index (χ1n) is 6.70. The van der Waals surface area contributed by atoms with Gasteiger partial charge in [-0.3, -0.25) is 4.79 Å². The average molecular weight is 252 g/mol. The summed E-state index contributed by atoms with van der Waals surface area (Å²) in [6.45, 7) is 10.6. The number of carbonyl (C=O) groups excluding carboxylic acids is 1. The van der Waals surface area contributed by atoms with Crippen LogP contribution in [0.5, 0.6) is 0 Å². The van der Waals surface area contributed by atoms with Crippen LogP contribution in [0.4, 0.5) is 5.69 Å². The van der Waals surface area contributed by atoms with Gasteiger partial charge in [0.1, 0.15) is 0 Å². The monoisotopic (exact) mass is 252 g/mol. The fourth-order valence-corrected chi connectivity index (χ4v) is 0.928. The summed E-state index contributed by atoms with van der Waals surface area (Å²) in [7, 11) is 0. The zero-order valence-corrected chi connectivity index (χ0v) is 12.4. The first kappa shape index (κ1) is 18.8. The SMILES string of the molecule is CC.CC(CNc1ccccc1)C(N)=O.CCC. The van der Waals surface area contributed by atoms with Crippen molar-refractivity contribution in [1.82, 2.24) is 0 Å². The highest BCUT2D eigenvalue weighted by Crippen LogP contribution is 2.05. The lowest BCUT2D eigenvalue weighted by Gasteiger charge is -2.09. The van der Waals surface area contributed by atoms with Crippen molar-refractivity contribution in [1.29, 1.82) is 0 Å². The van der Waals surface area contributed by atoms with Gasteiger partial charge in [-0.25, -0.2) is 0 Å². The van der Waals surface area contributed by atoms with E-state index in [4.69, 9.17) is 5.73 Å². The molecule has 0 aliphatic carbocycles. The third-order valence-corrected chi connectivity index (χ3v) is 1.87. The van der Waals surface area contributed by atoms with E-state index in [1.165, 1.54) is 6.42 Å². The Hall–Kier alpha value is -1.51. The third-order valence-electron chi connectivity index (χ3n) is 1.87. The molecule has 18 heavy (non-hydrogen) atoms. The fourth-order valence-electron chi connectivity index (χ4n) is 0.928. The standard InChI is InChI=1S/C10H14N2O.C3H8.C2H6/c1-8(10(11)13)7-12-9-5-3-2-4-6-9;1-3-2;1-2/h2-6,8,12H,7H2,1H3,(H2,11,13);3H2,1-2H3;1-2H3. The Bertz CT molecular complexity index is 286. The molecule has 0 aliphatic heterocycles.